The summed E-state index contributed by atoms with van der Waals surface area (Å²) in [6.07, 6.45) is 3.49. The number of aryl methyl sites for hydroxylation is 1. The summed E-state index contributed by atoms with van der Waals surface area (Å²) >= 11 is 0. The Morgan fingerprint density at radius 1 is 1.30 bits per heavy atom. The smallest absolute Gasteiger partial charge is 0.482 e. The van der Waals surface area contributed by atoms with Crippen molar-refractivity contribution in [3.8, 4) is 0 Å². The molecule has 1 aromatic heterocycles. The monoisotopic (exact) mass is 305 g/mol. The molecule has 0 atom stereocenters. The van der Waals surface area contributed by atoms with Gasteiger partial charge in [0.15, 0.2) is 5.69 Å². The number of hydrogen-bond acceptors (Lipinski definition) is 6. The van der Waals surface area contributed by atoms with Crippen LogP contribution in [-0.4, -0.2) is 31.5 Å². The molecule has 1 fully saturated rings. The van der Waals surface area contributed by atoms with Gasteiger partial charge in [0.2, 0.25) is 0 Å². The first kappa shape index (κ1) is 16.5. The highest BCUT2D eigenvalue weighted by Gasteiger charge is 2.21. The van der Waals surface area contributed by atoms with Crippen LogP contribution in [0.5, 0.6) is 0 Å². The lowest BCUT2D eigenvalue weighted by atomic mass is 10.1. The van der Waals surface area contributed by atoms with E-state index in [4.69, 9.17) is 10.3 Å². The maximum absolute atomic E-state index is 10.7. The second-order valence-corrected chi connectivity index (χ2v) is 5.63. The predicted octanol–water partition coefficient (Wildman–Crippen LogP) is -0.0904. The van der Waals surface area contributed by atoms with Gasteiger partial charge in [-0.15, -0.1) is 0 Å². The fourth-order valence-corrected chi connectivity index (χ4v) is 2.65. The van der Waals surface area contributed by atoms with Crippen LogP contribution in [0, 0.1) is 6.92 Å². The van der Waals surface area contributed by atoms with Crippen molar-refractivity contribution in [2.45, 2.75) is 26.2 Å². The molecule has 0 amide bonds. The minimum Gasteiger partial charge on any atom is -0.870 e. The fraction of sp³-hybridized carbons (Fsp3) is 0.545. The first-order chi connectivity index (χ1) is 8.87. The third-order valence-corrected chi connectivity index (χ3v) is 3.43. The SMILES string of the molecule is Cc1cc(N2CCCCC2)cc(N)[n+]1OS(=O)(=O)O.[OH-]. The number of nitrogens with two attached hydrogens (primary N) is 1. The van der Waals surface area contributed by atoms with Crippen LogP contribution in [0.2, 0.25) is 0 Å². The molecule has 4 N–H and O–H groups in total. The van der Waals surface area contributed by atoms with E-state index in [0.717, 1.165) is 36.3 Å². The molecule has 0 bridgehead atoms. The van der Waals surface area contributed by atoms with Crippen molar-refractivity contribution in [1.82, 2.24) is 0 Å². The van der Waals surface area contributed by atoms with Crippen LogP contribution in [0.15, 0.2) is 12.1 Å². The molecule has 9 heteroatoms. The molecule has 1 aromatic rings. The average molecular weight is 305 g/mol. The molecule has 2 heterocycles. The molecule has 0 saturated carbocycles. The minimum absolute atomic E-state index is 0. The highest BCUT2D eigenvalue weighted by molar-refractivity contribution is 7.80. The van der Waals surface area contributed by atoms with Crippen LogP contribution < -0.4 is 19.6 Å². The molecular weight excluding hydrogens is 286 g/mol. The van der Waals surface area contributed by atoms with E-state index in [-0.39, 0.29) is 11.3 Å². The van der Waals surface area contributed by atoms with Gasteiger partial charge in [-0.1, -0.05) is 0 Å². The largest absolute Gasteiger partial charge is 0.870 e. The summed E-state index contributed by atoms with van der Waals surface area (Å²) in [4.78, 5) is 2.20. The normalized spacial score (nSPS) is 15.6. The second kappa shape index (κ2) is 6.25. The zero-order valence-electron chi connectivity index (χ0n) is 11.2. The van der Waals surface area contributed by atoms with E-state index in [1.54, 1.807) is 19.1 Å². The lowest BCUT2D eigenvalue weighted by molar-refractivity contribution is -0.849. The molecule has 0 aliphatic carbocycles. The Morgan fingerprint density at radius 2 is 1.90 bits per heavy atom. The predicted molar refractivity (Wildman–Crippen MR) is 71.9 cm³/mol. The summed E-state index contributed by atoms with van der Waals surface area (Å²) in [6, 6.07) is 3.43. The average Bonchev–Trinajstić information content (AvgIpc) is 2.33. The van der Waals surface area contributed by atoms with Gasteiger partial charge in [0.25, 0.3) is 0 Å². The number of piperidine rings is 1. The molecule has 1 aliphatic heterocycles. The highest BCUT2D eigenvalue weighted by atomic mass is 32.3. The van der Waals surface area contributed by atoms with Gasteiger partial charge in [-0.25, -0.2) is 0 Å². The second-order valence-electron chi connectivity index (χ2n) is 4.62. The van der Waals surface area contributed by atoms with E-state index < -0.39 is 10.4 Å². The van der Waals surface area contributed by atoms with Gasteiger partial charge in [-0.3, -0.25) is 10.3 Å². The summed E-state index contributed by atoms with van der Waals surface area (Å²) in [7, 11) is -4.59. The standard InChI is InChI=1S/C11H17N3O4S.H2O/c1-9-7-10(13-5-3-2-4-6-13)8-11(12)14(9)18-19(15,16)17;/h7-8,12H,2-6H2,1H3,(H,15,16,17);1H2. The molecule has 0 radical (unpaired) electrons. The number of rotatable bonds is 3. The molecule has 8 nitrogen and oxygen atoms in total. The van der Waals surface area contributed by atoms with Crippen LogP contribution in [0.25, 0.3) is 0 Å². The fourth-order valence-electron chi connectivity index (χ4n) is 2.26. The van der Waals surface area contributed by atoms with Crippen LogP contribution in [0.3, 0.4) is 0 Å². The van der Waals surface area contributed by atoms with Gasteiger partial charge in [-0.2, -0.15) is 12.7 Å². The van der Waals surface area contributed by atoms with E-state index in [1.165, 1.54) is 6.42 Å². The Bertz CT molecular complexity index is 546. The molecule has 0 unspecified atom stereocenters. The van der Waals surface area contributed by atoms with Crippen molar-refractivity contribution >= 4 is 21.9 Å². The molecule has 0 spiro atoms. The summed E-state index contributed by atoms with van der Waals surface area (Å²) in [6.45, 7) is 3.58. The number of nitrogens with zero attached hydrogens (tertiary/aromatic N) is 2. The molecule has 114 valence electrons. The molecule has 1 aliphatic rings. The van der Waals surface area contributed by atoms with Crippen molar-refractivity contribution in [2.75, 3.05) is 23.7 Å². The van der Waals surface area contributed by atoms with E-state index >= 15 is 0 Å². The van der Waals surface area contributed by atoms with E-state index in [2.05, 4.69) is 9.18 Å². The Labute approximate surface area is 118 Å². The Kier molecular flexibility index (Phi) is 5.15. The van der Waals surface area contributed by atoms with Crippen LogP contribution >= 0.6 is 0 Å². The van der Waals surface area contributed by atoms with Crippen molar-refractivity contribution in [2.24, 2.45) is 0 Å². The first-order valence-electron chi connectivity index (χ1n) is 6.11. The number of hydrogen-bond donors (Lipinski definition) is 2. The summed E-state index contributed by atoms with van der Waals surface area (Å²) in [5, 5.41) is 0. The molecule has 20 heavy (non-hydrogen) atoms. The lowest BCUT2D eigenvalue weighted by Gasteiger charge is -2.28. The molecular formula is C11H19N3O5S. The van der Waals surface area contributed by atoms with Gasteiger partial charge in [0.05, 0.1) is 6.07 Å². The van der Waals surface area contributed by atoms with Gasteiger partial charge in [0, 0.05) is 31.8 Å². The molecule has 1 saturated heterocycles. The topological polar surface area (TPSA) is 127 Å². The Balaban J connectivity index is 0.00000200. The third kappa shape index (κ3) is 3.95. The minimum atomic E-state index is -4.59. The Hall–Kier alpha value is -1.58. The maximum Gasteiger partial charge on any atom is 0.482 e. The zero-order chi connectivity index (χ0) is 14.0. The summed E-state index contributed by atoms with van der Waals surface area (Å²) < 4.78 is 35.5. The summed E-state index contributed by atoms with van der Waals surface area (Å²) in [5.74, 6) is 0.123. The zero-order valence-corrected chi connectivity index (χ0v) is 12.0. The third-order valence-electron chi connectivity index (χ3n) is 3.10. The van der Waals surface area contributed by atoms with Crippen LogP contribution in [-0.2, 0) is 10.4 Å². The number of anilines is 2. The van der Waals surface area contributed by atoms with Gasteiger partial charge in [-0.05, 0) is 24.0 Å². The van der Waals surface area contributed by atoms with Crippen molar-refractivity contribution < 1.29 is 27.5 Å². The molecule has 2 rings (SSSR count). The maximum atomic E-state index is 10.7. The van der Waals surface area contributed by atoms with Crippen LogP contribution in [0.4, 0.5) is 11.5 Å². The summed E-state index contributed by atoms with van der Waals surface area (Å²) in [5.41, 5.74) is 7.21. The Morgan fingerprint density at radius 3 is 2.40 bits per heavy atom. The van der Waals surface area contributed by atoms with Gasteiger partial charge >= 0.3 is 16.2 Å². The van der Waals surface area contributed by atoms with Crippen molar-refractivity contribution in [1.29, 1.82) is 0 Å². The highest BCUT2D eigenvalue weighted by Crippen LogP contribution is 2.21. The van der Waals surface area contributed by atoms with E-state index in [1.807, 2.05) is 0 Å². The van der Waals surface area contributed by atoms with Gasteiger partial charge < -0.3 is 10.4 Å². The lowest BCUT2D eigenvalue weighted by Crippen LogP contribution is -2.50. The van der Waals surface area contributed by atoms with Gasteiger partial charge in [0.1, 0.15) is 0 Å². The van der Waals surface area contributed by atoms with Crippen LogP contribution in [0.1, 0.15) is 25.0 Å². The van der Waals surface area contributed by atoms with E-state index in [0.29, 0.717) is 5.69 Å². The number of nitrogen functional groups attached to an aromatic ring is 1. The van der Waals surface area contributed by atoms with Crippen molar-refractivity contribution in [3.05, 3.63) is 17.8 Å². The van der Waals surface area contributed by atoms with Crippen molar-refractivity contribution in [3.63, 3.8) is 0 Å². The number of aromatic nitrogens is 1. The number of pyridine rings is 1. The van der Waals surface area contributed by atoms with E-state index in [9.17, 15) is 8.42 Å². The quantitative estimate of drug-likeness (QED) is 0.590. The molecule has 0 aromatic carbocycles. The first-order valence-corrected chi connectivity index (χ1v) is 7.48.